The van der Waals surface area contributed by atoms with Crippen LogP contribution >= 0.6 is 0 Å². The third-order valence-corrected chi connectivity index (χ3v) is 4.74. The van der Waals surface area contributed by atoms with E-state index in [1.165, 1.54) is 17.0 Å². The van der Waals surface area contributed by atoms with Gasteiger partial charge in [-0.05, 0) is 36.2 Å². The van der Waals surface area contributed by atoms with Crippen LogP contribution in [-0.2, 0) is 13.0 Å². The van der Waals surface area contributed by atoms with Gasteiger partial charge in [-0.3, -0.25) is 9.59 Å². The van der Waals surface area contributed by atoms with E-state index in [1.54, 1.807) is 7.11 Å². The SMILES string of the molecule is C=CCN(Cc1cc(C(=O)NCCc2ccc(OC)cc2)no1)C(=O)c1cc(F)cc(F)c1. The number of hydrogen-bond donors (Lipinski definition) is 1. The molecule has 7 nitrogen and oxygen atoms in total. The van der Waals surface area contributed by atoms with Crippen molar-refractivity contribution in [3.8, 4) is 5.75 Å². The molecular weight excluding hydrogens is 432 g/mol. The average molecular weight is 455 g/mol. The van der Waals surface area contributed by atoms with Crippen LogP contribution in [0.1, 0.15) is 32.2 Å². The van der Waals surface area contributed by atoms with Gasteiger partial charge in [-0.15, -0.1) is 6.58 Å². The van der Waals surface area contributed by atoms with Crippen molar-refractivity contribution in [1.29, 1.82) is 0 Å². The van der Waals surface area contributed by atoms with Gasteiger partial charge < -0.3 is 19.5 Å². The van der Waals surface area contributed by atoms with E-state index in [0.29, 0.717) is 19.0 Å². The predicted molar refractivity (Wildman–Crippen MR) is 117 cm³/mol. The Morgan fingerprint density at radius 3 is 2.48 bits per heavy atom. The molecule has 3 rings (SSSR count). The van der Waals surface area contributed by atoms with Crippen LogP contribution in [0.15, 0.2) is 65.7 Å². The molecule has 1 N–H and O–H groups in total. The number of methoxy groups -OCH3 is 1. The van der Waals surface area contributed by atoms with E-state index in [0.717, 1.165) is 23.4 Å². The number of carbonyl (C=O) groups is 2. The highest BCUT2D eigenvalue weighted by molar-refractivity contribution is 5.94. The van der Waals surface area contributed by atoms with Crippen LogP contribution in [0.3, 0.4) is 0 Å². The van der Waals surface area contributed by atoms with Crippen LogP contribution in [0, 0.1) is 11.6 Å². The maximum atomic E-state index is 13.5. The highest BCUT2D eigenvalue weighted by Gasteiger charge is 2.20. The number of amides is 2. The molecule has 0 fully saturated rings. The number of nitrogens with zero attached hydrogens (tertiary/aromatic N) is 2. The Bertz CT molecular complexity index is 1110. The van der Waals surface area contributed by atoms with E-state index in [9.17, 15) is 18.4 Å². The number of nitrogens with one attached hydrogen (secondary N) is 1. The number of carbonyl (C=O) groups excluding carboxylic acids is 2. The lowest BCUT2D eigenvalue weighted by Gasteiger charge is -2.19. The van der Waals surface area contributed by atoms with Gasteiger partial charge in [0.2, 0.25) is 0 Å². The fourth-order valence-corrected chi connectivity index (χ4v) is 3.12. The smallest absolute Gasteiger partial charge is 0.273 e. The van der Waals surface area contributed by atoms with Gasteiger partial charge in [0.15, 0.2) is 11.5 Å². The minimum absolute atomic E-state index is 0.0579. The highest BCUT2D eigenvalue weighted by atomic mass is 19.1. The van der Waals surface area contributed by atoms with Gasteiger partial charge in [0.25, 0.3) is 11.8 Å². The third kappa shape index (κ3) is 6.49. The lowest BCUT2D eigenvalue weighted by atomic mass is 10.1. The summed E-state index contributed by atoms with van der Waals surface area (Å²) in [5.74, 6) is -1.76. The summed E-state index contributed by atoms with van der Waals surface area (Å²) in [7, 11) is 1.59. The predicted octanol–water partition coefficient (Wildman–Crippen LogP) is 3.76. The largest absolute Gasteiger partial charge is 0.497 e. The summed E-state index contributed by atoms with van der Waals surface area (Å²) in [5.41, 5.74) is 0.942. The molecule has 9 heteroatoms. The molecule has 0 spiro atoms. The minimum atomic E-state index is -0.856. The summed E-state index contributed by atoms with van der Waals surface area (Å²) in [6.07, 6.45) is 2.09. The first-order valence-corrected chi connectivity index (χ1v) is 10.1. The average Bonchev–Trinajstić information content (AvgIpc) is 3.27. The molecule has 0 aliphatic heterocycles. The zero-order valence-corrected chi connectivity index (χ0v) is 18.0. The summed E-state index contributed by atoms with van der Waals surface area (Å²) >= 11 is 0. The van der Waals surface area contributed by atoms with Crippen molar-refractivity contribution >= 4 is 11.8 Å². The molecule has 0 atom stereocenters. The van der Waals surface area contributed by atoms with E-state index < -0.39 is 23.4 Å². The van der Waals surface area contributed by atoms with Crippen molar-refractivity contribution < 1.29 is 27.6 Å². The maximum absolute atomic E-state index is 13.5. The Kier molecular flexibility index (Phi) is 7.91. The fourth-order valence-electron chi connectivity index (χ4n) is 3.12. The van der Waals surface area contributed by atoms with Gasteiger partial charge in [0.05, 0.1) is 13.7 Å². The van der Waals surface area contributed by atoms with Gasteiger partial charge in [0.1, 0.15) is 17.4 Å². The first-order chi connectivity index (χ1) is 15.9. The summed E-state index contributed by atoms with van der Waals surface area (Å²) < 4.78 is 37.3. The standard InChI is InChI=1S/C24H23F2N3O4/c1-3-10-29(24(31)17-11-18(25)13-19(26)12-17)15-21-14-22(28-33-21)23(30)27-9-8-16-4-6-20(32-2)7-5-16/h3-7,11-14H,1,8-10,15H2,2H3,(H,27,30). The molecule has 172 valence electrons. The van der Waals surface area contributed by atoms with Crippen LogP contribution in [0.25, 0.3) is 0 Å². The molecule has 2 aromatic carbocycles. The molecule has 1 heterocycles. The van der Waals surface area contributed by atoms with E-state index in [1.807, 2.05) is 24.3 Å². The van der Waals surface area contributed by atoms with Crippen molar-refractivity contribution in [2.24, 2.45) is 0 Å². The molecule has 33 heavy (non-hydrogen) atoms. The molecule has 0 saturated carbocycles. The molecule has 2 amide bonds. The van der Waals surface area contributed by atoms with E-state index in [2.05, 4.69) is 17.1 Å². The molecule has 0 bridgehead atoms. The molecule has 3 aromatic rings. The summed E-state index contributed by atoms with van der Waals surface area (Å²) in [4.78, 5) is 26.3. The number of aromatic nitrogens is 1. The molecular formula is C24H23F2N3O4. The van der Waals surface area contributed by atoms with Crippen LogP contribution < -0.4 is 10.1 Å². The van der Waals surface area contributed by atoms with Crippen molar-refractivity contribution in [1.82, 2.24) is 15.4 Å². The zero-order valence-electron chi connectivity index (χ0n) is 18.0. The van der Waals surface area contributed by atoms with E-state index in [4.69, 9.17) is 9.26 Å². The number of halogens is 2. The van der Waals surface area contributed by atoms with Crippen molar-refractivity contribution in [2.45, 2.75) is 13.0 Å². The highest BCUT2D eigenvalue weighted by Crippen LogP contribution is 2.15. The second-order valence-electron chi connectivity index (χ2n) is 7.16. The quantitative estimate of drug-likeness (QED) is 0.471. The van der Waals surface area contributed by atoms with Crippen LogP contribution in [0.4, 0.5) is 8.78 Å². The van der Waals surface area contributed by atoms with Gasteiger partial charge in [-0.25, -0.2) is 8.78 Å². The Morgan fingerprint density at radius 1 is 1.15 bits per heavy atom. The Hall–Kier alpha value is -4.01. The Balaban J connectivity index is 1.59. The lowest BCUT2D eigenvalue weighted by molar-refractivity contribution is 0.0746. The maximum Gasteiger partial charge on any atom is 0.273 e. The second-order valence-corrected chi connectivity index (χ2v) is 7.16. The number of benzene rings is 2. The van der Waals surface area contributed by atoms with Crippen LogP contribution in [0.2, 0.25) is 0 Å². The summed E-state index contributed by atoms with van der Waals surface area (Å²) in [6, 6.07) is 11.5. The first-order valence-electron chi connectivity index (χ1n) is 10.1. The van der Waals surface area contributed by atoms with E-state index >= 15 is 0 Å². The molecule has 0 unspecified atom stereocenters. The third-order valence-electron chi connectivity index (χ3n) is 4.74. The zero-order chi connectivity index (χ0) is 23.8. The summed E-state index contributed by atoms with van der Waals surface area (Å²) in [6.45, 7) is 4.02. The molecule has 0 aliphatic rings. The fraction of sp³-hybridized carbons (Fsp3) is 0.208. The molecule has 1 aromatic heterocycles. The normalized spacial score (nSPS) is 10.5. The molecule has 0 saturated heterocycles. The summed E-state index contributed by atoms with van der Waals surface area (Å²) in [5, 5.41) is 6.51. The van der Waals surface area contributed by atoms with Gasteiger partial charge in [-0.1, -0.05) is 23.4 Å². The number of hydrogen-bond acceptors (Lipinski definition) is 5. The minimum Gasteiger partial charge on any atom is -0.497 e. The van der Waals surface area contributed by atoms with Crippen molar-refractivity contribution in [3.05, 3.63) is 95.4 Å². The topological polar surface area (TPSA) is 84.7 Å². The monoisotopic (exact) mass is 455 g/mol. The lowest BCUT2D eigenvalue weighted by Crippen LogP contribution is -2.30. The number of ether oxygens (including phenoxy) is 1. The van der Waals surface area contributed by atoms with E-state index in [-0.39, 0.29) is 30.1 Å². The molecule has 0 radical (unpaired) electrons. The number of rotatable bonds is 10. The molecule has 0 aliphatic carbocycles. The van der Waals surface area contributed by atoms with Crippen molar-refractivity contribution in [3.63, 3.8) is 0 Å². The van der Waals surface area contributed by atoms with Crippen LogP contribution in [-0.4, -0.2) is 42.1 Å². The van der Waals surface area contributed by atoms with Gasteiger partial charge in [0, 0.05) is 30.8 Å². The Labute approximate surface area is 189 Å². The van der Waals surface area contributed by atoms with Crippen LogP contribution in [0.5, 0.6) is 5.75 Å². The first kappa shape index (κ1) is 23.6. The van der Waals surface area contributed by atoms with Gasteiger partial charge in [-0.2, -0.15) is 0 Å². The second kappa shape index (κ2) is 11.0. The Morgan fingerprint density at radius 2 is 1.85 bits per heavy atom. The van der Waals surface area contributed by atoms with Crippen molar-refractivity contribution in [2.75, 3.05) is 20.2 Å². The van der Waals surface area contributed by atoms with Gasteiger partial charge >= 0.3 is 0 Å².